The number of likely N-dealkylation sites (tertiary alicyclic amines) is 1. The van der Waals surface area contributed by atoms with E-state index in [9.17, 15) is 9.59 Å². The molecule has 23 heavy (non-hydrogen) atoms. The number of halogens is 1. The molecule has 1 amide bonds. The molecule has 1 aromatic rings. The van der Waals surface area contributed by atoms with Crippen molar-refractivity contribution in [3.05, 3.63) is 28.8 Å². The van der Waals surface area contributed by atoms with Gasteiger partial charge in [-0.2, -0.15) is 0 Å². The molecule has 126 valence electrons. The third-order valence-electron chi connectivity index (χ3n) is 4.07. The van der Waals surface area contributed by atoms with Crippen LogP contribution in [0.1, 0.15) is 36.5 Å². The van der Waals surface area contributed by atoms with Gasteiger partial charge in [-0.15, -0.1) is 0 Å². The number of nitrogens with one attached hydrogen (secondary N) is 1. The van der Waals surface area contributed by atoms with Gasteiger partial charge in [0.15, 0.2) is 0 Å². The smallest absolute Gasteiger partial charge is 0.338 e. The van der Waals surface area contributed by atoms with Crippen molar-refractivity contribution in [3.8, 4) is 0 Å². The van der Waals surface area contributed by atoms with Gasteiger partial charge in [-0.05, 0) is 64.0 Å². The van der Waals surface area contributed by atoms with Gasteiger partial charge in [-0.1, -0.05) is 11.6 Å². The number of anilines is 1. The van der Waals surface area contributed by atoms with Crippen molar-refractivity contribution in [1.29, 1.82) is 0 Å². The topological polar surface area (TPSA) is 58.6 Å². The first-order chi connectivity index (χ1) is 11.0. The van der Waals surface area contributed by atoms with E-state index in [0.29, 0.717) is 35.2 Å². The zero-order valence-electron chi connectivity index (χ0n) is 13.6. The average molecular weight is 339 g/mol. The molecule has 0 unspecified atom stereocenters. The van der Waals surface area contributed by atoms with Crippen LogP contribution in [0.4, 0.5) is 5.69 Å². The molecule has 1 saturated heterocycles. The lowest BCUT2D eigenvalue weighted by molar-refractivity contribution is -0.117. The maximum absolute atomic E-state index is 12.2. The van der Waals surface area contributed by atoms with Gasteiger partial charge in [0.05, 0.1) is 22.9 Å². The molecule has 1 N–H and O–H groups in total. The van der Waals surface area contributed by atoms with E-state index in [1.54, 1.807) is 19.1 Å². The Hall–Kier alpha value is -1.59. The third-order valence-corrected chi connectivity index (χ3v) is 4.38. The molecule has 5 nitrogen and oxygen atoms in total. The predicted molar refractivity (Wildman–Crippen MR) is 90.9 cm³/mol. The third kappa shape index (κ3) is 5.22. The molecule has 1 heterocycles. The number of piperidine rings is 1. The molecule has 6 heteroatoms. The number of carbonyl (C=O) groups is 2. The molecule has 0 atom stereocenters. The predicted octanol–water partition coefficient (Wildman–Crippen LogP) is 3.19. The molecule has 0 aromatic heterocycles. The number of hydrogen-bond donors (Lipinski definition) is 1. The van der Waals surface area contributed by atoms with Crippen LogP contribution in [0.2, 0.25) is 5.02 Å². The van der Waals surface area contributed by atoms with Crippen molar-refractivity contribution in [2.45, 2.75) is 26.2 Å². The van der Waals surface area contributed by atoms with Crippen LogP contribution in [-0.2, 0) is 9.53 Å². The second kappa shape index (κ2) is 8.31. The van der Waals surface area contributed by atoms with E-state index in [-0.39, 0.29) is 5.91 Å². The molecule has 0 saturated carbocycles. The summed E-state index contributed by atoms with van der Waals surface area (Å²) >= 11 is 6.15. The van der Waals surface area contributed by atoms with Crippen molar-refractivity contribution >= 4 is 29.2 Å². The van der Waals surface area contributed by atoms with Crippen molar-refractivity contribution in [1.82, 2.24) is 4.90 Å². The Kier molecular flexibility index (Phi) is 6.42. The van der Waals surface area contributed by atoms with Crippen LogP contribution in [0.5, 0.6) is 0 Å². The molecule has 0 spiro atoms. The first kappa shape index (κ1) is 17.8. The largest absolute Gasteiger partial charge is 0.462 e. The summed E-state index contributed by atoms with van der Waals surface area (Å²) in [5.41, 5.74) is 0.905. The number of benzene rings is 1. The molecule has 1 aliphatic heterocycles. The van der Waals surface area contributed by atoms with Crippen molar-refractivity contribution in [2.75, 3.05) is 32.1 Å². The van der Waals surface area contributed by atoms with Crippen molar-refractivity contribution < 1.29 is 14.3 Å². The first-order valence-corrected chi connectivity index (χ1v) is 8.32. The second-order valence-electron chi connectivity index (χ2n) is 5.91. The van der Waals surface area contributed by atoms with Crippen LogP contribution < -0.4 is 5.32 Å². The lowest BCUT2D eigenvalue weighted by Crippen LogP contribution is -2.31. The number of ether oxygens (including phenoxy) is 1. The summed E-state index contributed by atoms with van der Waals surface area (Å²) in [7, 11) is 2.10. The summed E-state index contributed by atoms with van der Waals surface area (Å²) in [6, 6.07) is 4.76. The van der Waals surface area contributed by atoms with Gasteiger partial charge in [0.1, 0.15) is 0 Å². The minimum Gasteiger partial charge on any atom is -0.462 e. The number of carbonyl (C=O) groups excluding carboxylic acids is 2. The Labute approximate surface area is 141 Å². The number of amides is 1. The van der Waals surface area contributed by atoms with Crippen molar-refractivity contribution in [2.24, 2.45) is 5.92 Å². The maximum atomic E-state index is 12.2. The minimum absolute atomic E-state index is 0.0367. The second-order valence-corrected chi connectivity index (χ2v) is 6.32. The SMILES string of the molecule is CCOC(=O)c1ccc(NC(=O)CC2CCN(C)CC2)c(Cl)c1. The number of hydrogen-bond acceptors (Lipinski definition) is 4. The fourth-order valence-electron chi connectivity index (χ4n) is 2.69. The van der Waals surface area contributed by atoms with E-state index >= 15 is 0 Å². The molecular weight excluding hydrogens is 316 g/mol. The van der Waals surface area contributed by atoms with E-state index in [1.807, 2.05) is 0 Å². The van der Waals surface area contributed by atoms with E-state index in [2.05, 4.69) is 17.3 Å². The molecule has 1 aliphatic rings. The molecule has 1 fully saturated rings. The van der Waals surface area contributed by atoms with E-state index in [1.165, 1.54) is 6.07 Å². The molecule has 0 aliphatic carbocycles. The standard InChI is InChI=1S/C17H23ClN2O3/c1-3-23-17(22)13-4-5-15(14(18)11-13)19-16(21)10-12-6-8-20(2)9-7-12/h4-5,11-12H,3,6-10H2,1-2H3,(H,19,21). The Bertz CT molecular complexity index is 569. The summed E-state index contributed by atoms with van der Waals surface area (Å²) in [6.45, 7) is 4.13. The van der Waals surface area contributed by atoms with Crippen LogP contribution in [-0.4, -0.2) is 43.5 Å². The fraction of sp³-hybridized carbons (Fsp3) is 0.529. The highest BCUT2D eigenvalue weighted by Crippen LogP contribution is 2.25. The van der Waals surface area contributed by atoms with Gasteiger partial charge in [0.2, 0.25) is 5.91 Å². The maximum Gasteiger partial charge on any atom is 0.338 e. The van der Waals surface area contributed by atoms with Gasteiger partial charge in [-0.25, -0.2) is 4.79 Å². The minimum atomic E-state index is -0.418. The Morgan fingerprint density at radius 2 is 2.04 bits per heavy atom. The Morgan fingerprint density at radius 3 is 2.65 bits per heavy atom. The summed E-state index contributed by atoms with van der Waals surface area (Å²) in [5.74, 6) is -0.0345. The highest BCUT2D eigenvalue weighted by Gasteiger charge is 2.20. The first-order valence-electron chi connectivity index (χ1n) is 7.94. The van der Waals surface area contributed by atoms with Crippen LogP contribution in [0.3, 0.4) is 0 Å². The number of nitrogens with zero attached hydrogens (tertiary/aromatic N) is 1. The normalized spacial score (nSPS) is 16.1. The highest BCUT2D eigenvalue weighted by atomic mass is 35.5. The number of esters is 1. The lowest BCUT2D eigenvalue weighted by atomic mass is 9.93. The molecule has 2 rings (SSSR count). The van der Waals surface area contributed by atoms with E-state index < -0.39 is 5.97 Å². The Balaban J connectivity index is 1.92. The van der Waals surface area contributed by atoms with Gasteiger partial charge in [-0.3, -0.25) is 4.79 Å². The zero-order valence-corrected chi connectivity index (χ0v) is 14.4. The summed E-state index contributed by atoms with van der Waals surface area (Å²) in [4.78, 5) is 26.1. The van der Waals surface area contributed by atoms with Gasteiger partial charge in [0.25, 0.3) is 0 Å². The Morgan fingerprint density at radius 1 is 1.35 bits per heavy atom. The van der Waals surface area contributed by atoms with Crippen LogP contribution in [0.25, 0.3) is 0 Å². The van der Waals surface area contributed by atoms with Gasteiger partial charge < -0.3 is 15.0 Å². The van der Waals surface area contributed by atoms with Crippen LogP contribution >= 0.6 is 11.6 Å². The highest BCUT2D eigenvalue weighted by molar-refractivity contribution is 6.34. The summed E-state index contributed by atoms with van der Waals surface area (Å²) < 4.78 is 4.92. The molecule has 0 bridgehead atoms. The van der Waals surface area contributed by atoms with Gasteiger partial charge in [0, 0.05) is 6.42 Å². The summed E-state index contributed by atoms with van der Waals surface area (Å²) in [5, 5.41) is 3.17. The van der Waals surface area contributed by atoms with Crippen LogP contribution in [0, 0.1) is 5.92 Å². The van der Waals surface area contributed by atoms with Crippen molar-refractivity contribution in [3.63, 3.8) is 0 Å². The molecule has 1 aromatic carbocycles. The van der Waals surface area contributed by atoms with E-state index in [4.69, 9.17) is 16.3 Å². The lowest BCUT2D eigenvalue weighted by Gasteiger charge is -2.28. The van der Waals surface area contributed by atoms with E-state index in [0.717, 1.165) is 25.9 Å². The monoisotopic (exact) mass is 338 g/mol. The average Bonchev–Trinajstić information content (AvgIpc) is 2.52. The fourth-order valence-corrected chi connectivity index (χ4v) is 2.92. The quantitative estimate of drug-likeness (QED) is 0.838. The van der Waals surface area contributed by atoms with Crippen LogP contribution in [0.15, 0.2) is 18.2 Å². The zero-order chi connectivity index (χ0) is 16.8. The number of rotatable bonds is 5. The molecule has 0 radical (unpaired) electrons. The van der Waals surface area contributed by atoms with Gasteiger partial charge >= 0.3 is 5.97 Å². The molecular formula is C17H23ClN2O3. The summed E-state index contributed by atoms with van der Waals surface area (Å²) in [6.07, 6.45) is 2.59.